The minimum absolute atomic E-state index is 0.00259. The largest absolute Gasteiger partial charge is 0.487 e. The molecule has 26 heavy (non-hydrogen) atoms. The molecule has 1 N–H and O–H groups in total. The fraction of sp³-hybridized carbons (Fsp3) is 0.316. The van der Waals surface area contributed by atoms with E-state index in [1.807, 2.05) is 30.5 Å². The molecule has 0 radical (unpaired) electrons. The lowest BCUT2D eigenvalue weighted by molar-refractivity contribution is -0.116. The summed E-state index contributed by atoms with van der Waals surface area (Å²) in [5, 5.41) is 4.77. The number of thiazole rings is 1. The van der Waals surface area contributed by atoms with Gasteiger partial charge in [0.05, 0.1) is 5.69 Å². The van der Waals surface area contributed by atoms with Crippen LogP contribution in [0.15, 0.2) is 40.5 Å². The van der Waals surface area contributed by atoms with Gasteiger partial charge in [-0.15, -0.1) is 11.3 Å². The summed E-state index contributed by atoms with van der Waals surface area (Å²) in [7, 11) is 0. The predicted octanol–water partition coefficient (Wildman–Crippen LogP) is 3.77. The Morgan fingerprint density at radius 1 is 1.35 bits per heavy atom. The Kier molecular flexibility index (Phi) is 5.68. The van der Waals surface area contributed by atoms with Crippen LogP contribution in [0.3, 0.4) is 0 Å². The van der Waals surface area contributed by atoms with E-state index in [1.165, 1.54) is 17.4 Å². The maximum atomic E-state index is 12.2. The number of carbonyl (C=O) groups is 1. The van der Waals surface area contributed by atoms with E-state index < -0.39 is 0 Å². The number of nitrogens with one attached hydrogen (secondary N) is 1. The maximum absolute atomic E-state index is 12.2. The Balaban J connectivity index is 1.67. The number of aryl methyl sites for hydroxylation is 1. The number of fused-ring (bicyclic) bond motifs is 1. The van der Waals surface area contributed by atoms with Gasteiger partial charge in [-0.3, -0.25) is 14.0 Å². The molecule has 3 aromatic rings. The SMILES string of the molecule is CCCCC(=O)Nc1cccc(OCc2cc(=O)n3c(C)csc3n2)c1. The molecule has 0 saturated carbocycles. The van der Waals surface area contributed by atoms with E-state index in [1.54, 1.807) is 10.5 Å². The number of nitrogens with zero attached hydrogens (tertiary/aromatic N) is 2. The van der Waals surface area contributed by atoms with E-state index in [0.29, 0.717) is 28.5 Å². The van der Waals surface area contributed by atoms with Gasteiger partial charge in [-0.05, 0) is 25.5 Å². The van der Waals surface area contributed by atoms with Crippen molar-refractivity contribution in [3.63, 3.8) is 0 Å². The summed E-state index contributed by atoms with van der Waals surface area (Å²) in [6.45, 7) is 4.12. The summed E-state index contributed by atoms with van der Waals surface area (Å²) in [4.78, 5) is 29.1. The highest BCUT2D eigenvalue weighted by Crippen LogP contribution is 2.19. The number of unbranched alkanes of at least 4 members (excludes halogenated alkanes) is 1. The first-order valence-electron chi connectivity index (χ1n) is 8.56. The molecule has 136 valence electrons. The monoisotopic (exact) mass is 371 g/mol. The normalized spacial score (nSPS) is 10.8. The van der Waals surface area contributed by atoms with Crippen LogP contribution in [0.5, 0.6) is 5.75 Å². The Labute approximate surface area is 155 Å². The number of anilines is 1. The van der Waals surface area contributed by atoms with Crippen LogP contribution in [0.25, 0.3) is 4.96 Å². The van der Waals surface area contributed by atoms with Gasteiger partial charge in [-0.1, -0.05) is 19.4 Å². The predicted molar refractivity (Wildman–Crippen MR) is 103 cm³/mol. The summed E-state index contributed by atoms with van der Waals surface area (Å²) >= 11 is 1.43. The van der Waals surface area contributed by atoms with Crippen molar-refractivity contribution in [2.24, 2.45) is 0 Å². The van der Waals surface area contributed by atoms with Gasteiger partial charge in [0.2, 0.25) is 5.91 Å². The van der Waals surface area contributed by atoms with E-state index in [4.69, 9.17) is 4.74 Å². The average molecular weight is 371 g/mol. The van der Waals surface area contributed by atoms with E-state index in [0.717, 1.165) is 18.5 Å². The molecule has 2 heterocycles. The van der Waals surface area contributed by atoms with Crippen LogP contribution < -0.4 is 15.6 Å². The molecular formula is C19H21N3O3S. The first-order valence-corrected chi connectivity index (χ1v) is 9.44. The minimum Gasteiger partial charge on any atom is -0.487 e. The molecule has 0 saturated heterocycles. The molecule has 1 amide bonds. The molecule has 0 aliphatic rings. The lowest BCUT2D eigenvalue weighted by atomic mass is 10.2. The molecule has 7 heteroatoms. The summed E-state index contributed by atoms with van der Waals surface area (Å²) in [5.41, 5.74) is 2.04. The second kappa shape index (κ2) is 8.14. The molecule has 0 atom stereocenters. The van der Waals surface area contributed by atoms with Gasteiger partial charge in [0, 0.05) is 35.3 Å². The van der Waals surface area contributed by atoms with Crippen LogP contribution in [-0.4, -0.2) is 15.3 Å². The Bertz CT molecular complexity index is 978. The van der Waals surface area contributed by atoms with Crippen molar-refractivity contribution in [1.82, 2.24) is 9.38 Å². The Morgan fingerprint density at radius 3 is 3.00 bits per heavy atom. The molecule has 0 bridgehead atoms. The number of hydrogen-bond donors (Lipinski definition) is 1. The van der Waals surface area contributed by atoms with Crippen LogP contribution in [0.4, 0.5) is 5.69 Å². The molecule has 0 aliphatic carbocycles. The fourth-order valence-electron chi connectivity index (χ4n) is 2.56. The highest BCUT2D eigenvalue weighted by molar-refractivity contribution is 7.15. The average Bonchev–Trinajstić information content (AvgIpc) is 3.00. The molecule has 0 unspecified atom stereocenters. The molecule has 2 aromatic heterocycles. The number of carbonyl (C=O) groups excluding carboxylic acids is 1. The first-order chi connectivity index (χ1) is 12.6. The van der Waals surface area contributed by atoms with Crippen molar-refractivity contribution in [3.05, 3.63) is 57.5 Å². The number of amides is 1. The summed E-state index contributed by atoms with van der Waals surface area (Å²) < 4.78 is 7.33. The molecule has 0 fully saturated rings. The van der Waals surface area contributed by atoms with Crippen LogP contribution >= 0.6 is 11.3 Å². The highest BCUT2D eigenvalue weighted by atomic mass is 32.1. The van der Waals surface area contributed by atoms with Gasteiger partial charge in [0.15, 0.2) is 4.96 Å². The lowest BCUT2D eigenvalue weighted by Crippen LogP contribution is -2.16. The van der Waals surface area contributed by atoms with Crippen LogP contribution in [0, 0.1) is 6.92 Å². The molecular weight excluding hydrogens is 350 g/mol. The smallest absolute Gasteiger partial charge is 0.259 e. The van der Waals surface area contributed by atoms with Gasteiger partial charge in [0.1, 0.15) is 12.4 Å². The second-order valence-electron chi connectivity index (χ2n) is 6.05. The summed E-state index contributed by atoms with van der Waals surface area (Å²) in [6.07, 6.45) is 2.36. The first kappa shape index (κ1) is 18.1. The zero-order valence-corrected chi connectivity index (χ0v) is 15.6. The lowest BCUT2D eigenvalue weighted by Gasteiger charge is -2.09. The third kappa shape index (κ3) is 4.29. The zero-order chi connectivity index (χ0) is 18.5. The molecule has 6 nitrogen and oxygen atoms in total. The van der Waals surface area contributed by atoms with Gasteiger partial charge < -0.3 is 10.1 Å². The molecule has 1 aromatic carbocycles. The molecule has 0 spiro atoms. The second-order valence-corrected chi connectivity index (χ2v) is 6.89. The van der Waals surface area contributed by atoms with Crippen LogP contribution in [0.1, 0.15) is 37.6 Å². The standard InChI is InChI=1S/C19H21N3O3S/c1-3-4-8-17(23)20-14-6-5-7-16(9-14)25-11-15-10-18(24)22-13(2)12-26-19(22)21-15/h5-7,9-10,12H,3-4,8,11H2,1-2H3,(H,20,23). The zero-order valence-electron chi connectivity index (χ0n) is 14.8. The van der Waals surface area contributed by atoms with Crippen LogP contribution in [-0.2, 0) is 11.4 Å². The number of ether oxygens (including phenoxy) is 1. The van der Waals surface area contributed by atoms with Gasteiger partial charge in [-0.25, -0.2) is 4.98 Å². The van der Waals surface area contributed by atoms with Crippen LogP contribution in [0.2, 0.25) is 0 Å². The highest BCUT2D eigenvalue weighted by Gasteiger charge is 2.08. The fourth-order valence-corrected chi connectivity index (χ4v) is 3.45. The van der Waals surface area contributed by atoms with Crippen molar-refractivity contribution < 1.29 is 9.53 Å². The maximum Gasteiger partial charge on any atom is 0.259 e. The molecule has 0 aliphatic heterocycles. The van der Waals surface area contributed by atoms with E-state index in [2.05, 4.69) is 17.2 Å². The van der Waals surface area contributed by atoms with Crippen molar-refractivity contribution in [1.29, 1.82) is 0 Å². The van der Waals surface area contributed by atoms with Crippen molar-refractivity contribution >= 4 is 27.9 Å². The van der Waals surface area contributed by atoms with Gasteiger partial charge in [0.25, 0.3) is 5.56 Å². The third-order valence-electron chi connectivity index (χ3n) is 3.89. The number of aromatic nitrogens is 2. The van der Waals surface area contributed by atoms with E-state index in [9.17, 15) is 9.59 Å². The summed E-state index contributed by atoms with van der Waals surface area (Å²) in [5.74, 6) is 0.611. The molecule has 3 rings (SSSR count). The third-order valence-corrected chi connectivity index (χ3v) is 4.83. The minimum atomic E-state index is -0.107. The van der Waals surface area contributed by atoms with E-state index in [-0.39, 0.29) is 18.1 Å². The van der Waals surface area contributed by atoms with Crippen molar-refractivity contribution in [2.45, 2.75) is 39.7 Å². The van der Waals surface area contributed by atoms with Gasteiger partial charge >= 0.3 is 0 Å². The topological polar surface area (TPSA) is 72.7 Å². The number of rotatable bonds is 7. The van der Waals surface area contributed by atoms with Gasteiger partial charge in [-0.2, -0.15) is 0 Å². The van der Waals surface area contributed by atoms with Crippen molar-refractivity contribution in [3.8, 4) is 5.75 Å². The van der Waals surface area contributed by atoms with E-state index >= 15 is 0 Å². The quantitative estimate of drug-likeness (QED) is 0.686. The number of benzene rings is 1. The Morgan fingerprint density at radius 2 is 2.19 bits per heavy atom. The Hall–Kier alpha value is -2.67. The summed E-state index contributed by atoms with van der Waals surface area (Å²) in [6, 6.07) is 8.71. The van der Waals surface area contributed by atoms with Crippen molar-refractivity contribution in [2.75, 3.05) is 5.32 Å². The number of hydrogen-bond acceptors (Lipinski definition) is 5.